The molecule has 0 N–H and O–H groups in total. The summed E-state index contributed by atoms with van der Waals surface area (Å²) in [6.45, 7) is 2.16. The molecule has 0 amide bonds. The van der Waals surface area contributed by atoms with Crippen molar-refractivity contribution in [2.24, 2.45) is 0 Å². The van der Waals surface area contributed by atoms with Crippen LogP contribution in [0.3, 0.4) is 0 Å². The van der Waals surface area contributed by atoms with Crippen LogP contribution >= 0.6 is 11.8 Å². The highest BCUT2D eigenvalue weighted by molar-refractivity contribution is 8.00. The van der Waals surface area contributed by atoms with Crippen molar-refractivity contribution in [3.05, 3.63) is 48.0 Å². The van der Waals surface area contributed by atoms with Crippen molar-refractivity contribution >= 4 is 23.5 Å². The largest absolute Gasteiger partial charge is 0.497 e. The Morgan fingerprint density at radius 3 is 2.30 bits per heavy atom. The monoisotopic (exact) mass is 390 g/mol. The van der Waals surface area contributed by atoms with Crippen LogP contribution in [0.5, 0.6) is 17.2 Å². The average molecular weight is 390 g/mol. The van der Waals surface area contributed by atoms with Crippen molar-refractivity contribution in [3.63, 3.8) is 0 Å². The number of carbonyl (C=O) groups excluding carboxylic acids is 2. The molecule has 2 aromatic rings. The van der Waals surface area contributed by atoms with Gasteiger partial charge in [-0.05, 0) is 49.4 Å². The summed E-state index contributed by atoms with van der Waals surface area (Å²) < 4.78 is 20.7. The third-order valence-electron chi connectivity index (χ3n) is 3.56. The van der Waals surface area contributed by atoms with E-state index in [1.807, 2.05) is 31.2 Å². The molecule has 0 aromatic heterocycles. The van der Waals surface area contributed by atoms with Gasteiger partial charge in [-0.1, -0.05) is 0 Å². The van der Waals surface area contributed by atoms with Crippen LogP contribution < -0.4 is 14.2 Å². The highest BCUT2D eigenvalue weighted by atomic mass is 32.2. The number of benzene rings is 2. The molecule has 0 radical (unpaired) electrons. The van der Waals surface area contributed by atoms with Gasteiger partial charge < -0.3 is 18.9 Å². The first-order chi connectivity index (χ1) is 13.1. The van der Waals surface area contributed by atoms with E-state index in [-0.39, 0.29) is 18.1 Å². The number of thioether (sulfide) groups is 1. The van der Waals surface area contributed by atoms with Crippen LogP contribution in [0.1, 0.15) is 17.3 Å². The number of hydrogen-bond donors (Lipinski definition) is 0. The number of ether oxygens (including phenoxy) is 4. The van der Waals surface area contributed by atoms with Crippen molar-refractivity contribution in [2.45, 2.75) is 11.8 Å². The van der Waals surface area contributed by atoms with E-state index in [2.05, 4.69) is 0 Å². The number of rotatable bonds is 10. The molecule has 0 aliphatic carbocycles. The van der Waals surface area contributed by atoms with E-state index in [1.165, 1.54) is 26.0 Å². The van der Waals surface area contributed by atoms with Crippen LogP contribution in [0, 0.1) is 0 Å². The summed E-state index contributed by atoms with van der Waals surface area (Å²) in [5, 5.41) is 0. The normalized spacial score (nSPS) is 10.2. The zero-order chi connectivity index (χ0) is 19.6. The second-order valence-corrected chi connectivity index (χ2v) is 6.39. The molecular weight excluding hydrogens is 368 g/mol. The number of hydrogen-bond acceptors (Lipinski definition) is 7. The second kappa shape index (κ2) is 10.5. The van der Waals surface area contributed by atoms with E-state index in [9.17, 15) is 9.59 Å². The molecule has 7 heteroatoms. The first-order valence-corrected chi connectivity index (χ1v) is 9.32. The molecule has 0 saturated heterocycles. The lowest BCUT2D eigenvalue weighted by atomic mass is 10.1. The molecule has 0 fully saturated rings. The Kier molecular flexibility index (Phi) is 8.00. The van der Waals surface area contributed by atoms with Crippen LogP contribution in [-0.2, 0) is 9.53 Å². The topological polar surface area (TPSA) is 71.1 Å². The Morgan fingerprint density at radius 2 is 1.67 bits per heavy atom. The van der Waals surface area contributed by atoms with Gasteiger partial charge in [-0.15, -0.1) is 11.8 Å². The van der Waals surface area contributed by atoms with Gasteiger partial charge in [0.15, 0.2) is 6.61 Å². The predicted octanol–water partition coefficient (Wildman–Crippen LogP) is 3.62. The summed E-state index contributed by atoms with van der Waals surface area (Å²) in [6, 6.07) is 12.3. The van der Waals surface area contributed by atoms with E-state index in [4.69, 9.17) is 18.9 Å². The van der Waals surface area contributed by atoms with Gasteiger partial charge in [0.2, 0.25) is 5.78 Å². The van der Waals surface area contributed by atoms with Crippen LogP contribution in [-0.4, -0.2) is 44.9 Å². The number of methoxy groups -OCH3 is 2. The molecule has 0 bridgehead atoms. The molecule has 0 saturated carbocycles. The van der Waals surface area contributed by atoms with Crippen molar-refractivity contribution in [1.29, 1.82) is 0 Å². The molecule has 0 atom stereocenters. The summed E-state index contributed by atoms with van der Waals surface area (Å²) in [4.78, 5) is 25.2. The lowest BCUT2D eigenvalue weighted by Crippen LogP contribution is -2.16. The SMILES string of the molecule is CCOc1ccc(SCC(=O)OCC(=O)c2cc(OC)ccc2OC)cc1. The maximum atomic E-state index is 12.3. The highest BCUT2D eigenvalue weighted by Crippen LogP contribution is 2.25. The predicted molar refractivity (Wildman–Crippen MR) is 103 cm³/mol. The number of Topliss-reactive ketones (excluding diaryl/α,β-unsaturated/α-hetero) is 1. The third-order valence-corrected chi connectivity index (χ3v) is 4.55. The van der Waals surface area contributed by atoms with Crippen LogP contribution in [0.25, 0.3) is 0 Å². The fourth-order valence-corrected chi connectivity index (χ4v) is 2.93. The van der Waals surface area contributed by atoms with E-state index in [0.29, 0.717) is 23.7 Å². The maximum Gasteiger partial charge on any atom is 0.316 e. The van der Waals surface area contributed by atoms with Gasteiger partial charge in [-0.2, -0.15) is 0 Å². The Morgan fingerprint density at radius 1 is 0.963 bits per heavy atom. The van der Waals surface area contributed by atoms with E-state index in [0.717, 1.165) is 10.6 Å². The minimum atomic E-state index is -0.468. The number of carbonyl (C=O) groups is 2. The summed E-state index contributed by atoms with van der Waals surface area (Å²) in [5.41, 5.74) is 0.309. The van der Waals surface area contributed by atoms with Gasteiger partial charge in [0.25, 0.3) is 0 Å². The van der Waals surface area contributed by atoms with E-state index < -0.39 is 5.97 Å². The smallest absolute Gasteiger partial charge is 0.316 e. The average Bonchev–Trinajstić information content (AvgIpc) is 2.71. The van der Waals surface area contributed by atoms with Crippen molar-refractivity contribution in [1.82, 2.24) is 0 Å². The minimum absolute atomic E-state index is 0.108. The van der Waals surface area contributed by atoms with E-state index in [1.54, 1.807) is 18.2 Å². The summed E-state index contributed by atoms with van der Waals surface area (Å²) in [5.74, 6) is 0.991. The molecule has 0 spiro atoms. The lowest BCUT2D eigenvalue weighted by Gasteiger charge is -2.10. The molecule has 27 heavy (non-hydrogen) atoms. The molecule has 2 rings (SSSR count). The minimum Gasteiger partial charge on any atom is -0.497 e. The standard InChI is InChI=1S/C20H22O6S/c1-4-25-14-5-8-16(9-6-14)27-13-20(22)26-12-18(21)17-11-15(23-2)7-10-19(17)24-3/h5-11H,4,12-13H2,1-3H3. The van der Waals surface area contributed by atoms with Gasteiger partial charge in [-0.25, -0.2) is 0 Å². The molecular formula is C20H22O6S. The van der Waals surface area contributed by atoms with Gasteiger partial charge in [-0.3, -0.25) is 9.59 Å². The maximum absolute atomic E-state index is 12.3. The van der Waals surface area contributed by atoms with Crippen molar-refractivity contribution < 1.29 is 28.5 Å². The van der Waals surface area contributed by atoms with Crippen molar-refractivity contribution in [2.75, 3.05) is 33.2 Å². The zero-order valence-corrected chi connectivity index (χ0v) is 16.3. The molecule has 0 aliphatic rings. The first kappa shape index (κ1) is 20.6. The fraction of sp³-hybridized carbons (Fsp3) is 0.300. The Bertz CT molecular complexity index is 773. The second-order valence-electron chi connectivity index (χ2n) is 5.34. The fourth-order valence-electron chi connectivity index (χ4n) is 2.24. The quantitative estimate of drug-likeness (QED) is 0.349. The highest BCUT2D eigenvalue weighted by Gasteiger charge is 2.16. The molecule has 0 aliphatic heterocycles. The summed E-state index contributed by atoms with van der Waals surface area (Å²) in [7, 11) is 2.98. The molecule has 144 valence electrons. The van der Waals surface area contributed by atoms with Gasteiger partial charge in [0.1, 0.15) is 17.2 Å². The Hall–Kier alpha value is -2.67. The zero-order valence-electron chi connectivity index (χ0n) is 15.5. The first-order valence-electron chi connectivity index (χ1n) is 8.34. The van der Waals surface area contributed by atoms with Crippen LogP contribution in [0.2, 0.25) is 0 Å². The van der Waals surface area contributed by atoms with Gasteiger partial charge in [0, 0.05) is 4.90 Å². The molecule has 6 nitrogen and oxygen atoms in total. The Balaban J connectivity index is 1.85. The van der Waals surface area contributed by atoms with E-state index >= 15 is 0 Å². The van der Waals surface area contributed by atoms with Crippen LogP contribution in [0.15, 0.2) is 47.4 Å². The lowest BCUT2D eigenvalue weighted by molar-refractivity contribution is -0.139. The summed E-state index contributed by atoms with van der Waals surface area (Å²) >= 11 is 1.33. The number of esters is 1. The number of ketones is 1. The van der Waals surface area contributed by atoms with Crippen LogP contribution in [0.4, 0.5) is 0 Å². The van der Waals surface area contributed by atoms with Gasteiger partial charge >= 0.3 is 5.97 Å². The summed E-state index contributed by atoms with van der Waals surface area (Å²) in [6.07, 6.45) is 0. The Labute approximate surface area is 162 Å². The van der Waals surface area contributed by atoms with Crippen molar-refractivity contribution in [3.8, 4) is 17.2 Å². The van der Waals surface area contributed by atoms with Gasteiger partial charge in [0.05, 0.1) is 32.1 Å². The third kappa shape index (κ3) is 6.21. The molecule has 0 heterocycles. The molecule has 2 aromatic carbocycles. The molecule has 0 unspecified atom stereocenters.